The summed E-state index contributed by atoms with van der Waals surface area (Å²) in [5, 5.41) is -0.906. The summed E-state index contributed by atoms with van der Waals surface area (Å²) in [6.07, 6.45) is -35.9. The molecule has 4 nitrogen and oxygen atoms in total. The average molecular weight is 312 g/mol. The van der Waals surface area contributed by atoms with E-state index in [0.717, 1.165) is 0 Å². The van der Waals surface area contributed by atoms with Gasteiger partial charge < -0.3 is 5.31 Å². The zero-order valence-corrected chi connectivity index (χ0v) is 10.7. The van der Waals surface area contributed by atoms with Gasteiger partial charge in [0.05, 0.1) is 14.9 Å². The molecule has 5 aliphatic rings. The van der Waals surface area contributed by atoms with Gasteiger partial charge in [0.25, 0.3) is 0 Å². The smallest absolute Gasteiger partial charge is 0.223 e. The highest BCUT2D eigenvalue weighted by Crippen LogP contribution is 2.47. The maximum atomic E-state index is 13.8. The summed E-state index contributed by atoms with van der Waals surface area (Å²) < 4.78 is 189. The Morgan fingerprint density at radius 1 is 1.10 bits per heavy atom. The highest BCUT2D eigenvalue weighted by Gasteiger charge is 2.57. The minimum Gasteiger partial charge on any atom is -0.350 e. The van der Waals surface area contributed by atoms with Crippen LogP contribution in [-0.2, 0) is 4.79 Å². The number of carbonyl (C=O) groups excluding carboxylic acids is 1. The number of amides is 1. The molecule has 0 radical (unpaired) electrons. The van der Waals surface area contributed by atoms with Gasteiger partial charge >= 0.3 is 0 Å². The van der Waals surface area contributed by atoms with Crippen LogP contribution in [-0.4, -0.2) is 41.1 Å². The molecule has 0 aromatic heterocycles. The third-order valence-corrected chi connectivity index (χ3v) is 4.14. The molecule has 3 saturated heterocycles. The van der Waals surface area contributed by atoms with Crippen molar-refractivity contribution < 1.29 is 35.0 Å². The number of nitrogens with zero attached hydrogens (tertiary/aromatic N) is 1. The molecule has 2 aliphatic carbocycles. The minimum atomic E-state index is -3.99. The second-order valence-corrected chi connectivity index (χ2v) is 5.20. The Kier molecular flexibility index (Phi) is 0.796. The summed E-state index contributed by atoms with van der Waals surface area (Å²) >= 11 is 0. The second-order valence-electron chi connectivity index (χ2n) is 5.20. The van der Waals surface area contributed by atoms with E-state index in [1.54, 1.807) is 0 Å². The molecule has 5 fully saturated rings. The molecule has 0 spiro atoms. The molecule has 116 valence electrons. The summed E-state index contributed by atoms with van der Waals surface area (Å²) in [5.74, 6) is -8.76. The third-order valence-electron chi connectivity index (χ3n) is 4.14. The molecule has 3 heterocycles. The molecular weight excluding hydrogens is 262 g/mol. The van der Waals surface area contributed by atoms with Gasteiger partial charge in [-0.2, -0.15) is 0 Å². The first-order valence-corrected chi connectivity index (χ1v) is 6.59. The fraction of sp³-hybridized carbons (Fsp3) is 0.941. The number of nitrogens with one attached hydrogen (secondary N) is 2. The van der Waals surface area contributed by atoms with E-state index in [4.69, 9.17) is 28.9 Å². The van der Waals surface area contributed by atoms with Gasteiger partial charge in [0, 0.05) is 48.7 Å². The zero-order chi connectivity index (χ0) is 33.7. The monoisotopic (exact) mass is 311 g/mol. The lowest BCUT2D eigenvalue weighted by molar-refractivity contribution is -0.129. The van der Waals surface area contributed by atoms with E-state index in [9.17, 15) is 6.17 Å². The maximum Gasteiger partial charge on any atom is 0.223 e. The Bertz CT molecular complexity index is 1310. The van der Waals surface area contributed by atoms with Crippen molar-refractivity contribution in [2.45, 2.75) is 87.7 Å². The number of hydrogen-bond donors (Lipinski definition) is 2. The van der Waals surface area contributed by atoms with Crippen LogP contribution in [0.5, 0.6) is 0 Å². The molecule has 3 aliphatic heterocycles. The summed E-state index contributed by atoms with van der Waals surface area (Å²) in [4.78, 5) is 14.0. The molecule has 7 unspecified atom stereocenters. The largest absolute Gasteiger partial charge is 0.350 e. The summed E-state index contributed by atoms with van der Waals surface area (Å²) in [6.45, 7) is 0. The van der Waals surface area contributed by atoms with Crippen molar-refractivity contribution in [2.75, 3.05) is 0 Å². The first-order chi connectivity index (χ1) is 18.7. The van der Waals surface area contributed by atoms with E-state index in [1.165, 1.54) is 0 Å². The van der Waals surface area contributed by atoms with Gasteiger partial charge in [0.1, 0.15) is 1.41 Å². The molecule has 2 bridgehead atoms. The van der Waals surface area contributed by atoms with Gasteiger partial charge in [0.15, 0.2) is 1.41 Å². The zero-order valence-electron chi connectivity index (χ0n) is 32.7. The standard InChI is InChI=1S/C17H27N3O/c21-17-11-6-2-1-5-10(11)15-9-13(19-17)16-18-12-7-3-4-8-14(12)20(15)16/h10-16,18H,1-9H2,(H,19,21)/i1D2,2D2,3D2,4D2,5D2,6D2,7D2,8D2,11D,12D,13D,16D/hD2. The predicted molar refractivity (Wildman–Crippen MR) is 80.6 cm³/mol. The van der Waals surface area contributed by atoms with E-state index in [-0.39, 0.29) is 4.90 Å². The van der Waals surface area contributed by atoms with Gasteiger partial charge in [-0.05, 0) is 37.8 Å². The highest BCUT2D eigenvalue weighted by atomic mass is 16.2. The van der Waals surface area contributed by atoms with E-state index < -0.39 is 116 Å². The minimum absolute atomic E-state index is 0.220. The fourth-order valence-electron chi connectivity index (χ4n) is 3.27. The van der Waals surface area contributed by atoms with Gasteiger partial charge in [-0.15, -0.1) is 0 Å². The van der Waals surface area contributed by atoms with Crippen LogP contribution in [0.25, 0.3) is 0 Å². The van der Waals surface area contributed by atoms with Crippen molar-refractivity contribution in [3.8, 4) is 0 Å². The Labute approximate surface area is 158 Å². The van der Waals surface area contributed by atoms with Crippen LogP contribution >= 0.6 is 0 Å². The molecule has 0 aromatic carbocycles. The van der Waals surface area contributed by atoms with Crippen LogP contribution in [0.1, 0.15) is 84.8 Å². The van der Waals surface area contributed by atoms with E-state index >= 15 is 0 Å². The van der Waals surface area contributed by atoms with Gasteiger partial charge in [-0.25, -0.2) is 0 Å². The third kappa shape index (κ3) is 1.78. The quantitative estimate of drug-likeness (QED) is 0.714. The van der Waals surface area contributed by atoms with Crippen LogP contribution in [0.2, 0.25) is 2.82 Å². The number of rotatable bonds is 0. The molecule has 2 N–H and O–H groups in total. The SMILES string of the molecule is [2H]N1C(=O)C2([2H])C(C3CC1([2H])C1([2H])N3C3C([2H])([2H])C([2H])([2H])C([2H])([2H])C([2H])([2H])C3([2H])N1[2H])C([2H])([2H])C([2H])([2H])C([2H])([2H])C2([2H])[2H]. The Hall–Kier alpha value is -0.610. The summed E-state index contributed by atoms with van der Waals surface area (Å²) in [7, 11) is 0. The lowest BCUT2D eigenvalue weighted by Crippen LogP contribution is -2.54. The van der Waals surface area contributed by atoms with Crippen LogP contribution in [0.15, 0.2) is 0 Å². The average Bonchev–Trinajstić information content (AvgIpc) is 3.16. The van der Waals surface area contributed by atoms with Crippen LogP contribution < -0.4 is 10.6 Å². The summed E-state index contributed by atoms with van der Waals surface area (Å²) in [6, 6.07) is -12.2. The Morgan fingerprint density at radius 3 is 2.86 bits per heavy atom. The number of carbonyl (C=O) groups is 1. The number of hydrogen-bond acceptors (Lipinski definition) is 3. The van der Waals surface area contributed by atoms with Crippen LogP contribution in [0.3, 0.4) is 0 Å². The number of fused-ring (bicyclic) bond motifs is 9. The van der Waals surface area contributed by atoms with Crippen molar-refractivity contribution in [3.63, 3.8) is 0 Å². The topological polar surface area (TPSA) is 44.4 Å². The molecule has 5 rings (SSSR count). The molecule has 1 amide bonds. The van der Waals surface area contributed by atoms with Gasteiger partial charge in [-0.3, -0.25) is 15.0 Å². The van der Waals surface area contributed by atoms with Crippen LogP contribution in [0.4, 0.5) is 0 Å². The maximum absolute atomic E-state index is 13.8. The van der Waals surface area contributed by atoms with Crippen molar-refractivity contribution in [1.29, 1.82) is 0 Å². The van der Waals surface area contributed by atoms with Crippen molar-refractivity contribution in [2.24, 2.45) is 11.8 Å². The first-order valence-electron chi connectivity index (χ1n) is 17.5. The first kappa shape index (κ1) is 3.56. The van der Waals surface area contributed by atoms with Crippen molar-refractivity contribution in [3.05, 3.63) is 0 Å². The molecular formula is C17H27N3O. The molecule has 0 aromatic rings. The lowest BCUT2D eigenvalue weighted by Gasteiger charge is -2.42. The highest BCUT2D eigenvalue weighted by molar-refractivity contribution is 5.80. The van der Waals surface area contributed by atoms with Crippen LogP contribution in [0, 0.1) is 11.8 Å². The van der Waals surface area contributed by atoms with E-state index in [2.05, 4.69) is 0 Å². The predicted octanol–water partition coefficient (Wildman–Crippen LogP) is 1.61. The molecule has 21 heavy (non-hydrogen) atoms. The summed E-state index contributed by atoms with van der Waals surface area (Å²) in [5.41, 5.74) is 0. The molecule has 2 saturated carbocycles. The normalized spacial score (nSPS) is 103. The second kappa shape index (κ2) is 4.69. The fourth-order valence-corrected chi connectivity index (χ4v) is 3.27. The van der Waals surface area contributed by atoms with E-state index in [0.29, 0.717) is 0 Å². The Morgan fingerprint density at radius 2 is 1.90 bits per heavy atom. The van der Waals surface area contributed by atoms with E-state index in [1.807, 2.05) is 0 Å². The van der Waals surface area contributed by atoms with Crippen molar-refractivity contribution >= 4 is 5.91 Å². The lowest BCUT2D eigenvalue weighted by atomic mass is 9.74. The van der Waals surface area contributed by atoms with Crippen molar-refractivity contribution in [1.82, 2.24) is 15.5 Å². The molecule has 4 heteroatoms. The molecule has 7 atom stereocenters. The Balaban J connectivity index is 1.94. The van der Waals surface area contributed by atoms with Gasteiger partial charge in [-0.1, -0.05) is 25.5 Å². The van der Waals surface area contributed by atoms with Gasteiger partial charge in [0.2, 0.25) is 5.91 Å².